The normalized spacial score (nSPS) is 11.6. The highest BCUT2D eigenvalue weighted by Gasteiger charge is 2.16. The van der Waals surface area contributed by atoms with Gasteiger partial charge in [0.25, 0.3) is 0 Å². The van der Waals surface area contributed by atoms with Crippen LogP contribution in [0, 0.1) is 0 Å². The highest BCUT2D eigenvalue weighted by Crippen LogP contribution is 2.38. The summed E-state index contributed by atoms with van der Waals surface area (Å²) in [5, 5.41) is 5.03. The minimum absolute atomic E-state index is 1.14. The molecule has 9 aromatic carbocycles. The van der Waals surface area contributed by atoms with E-state index >= 15 is 0 Å². The Morgan fingerprint density at radius 3 is 1.30 bits per heavy atom. The number of benzene rings is 9. The Balaban J connectivity index is 0.918. The van der Waals surface area contributed by atoms with E-state index in [4.69, 9.17) is 0 Å². The van der Waals surface area contributed by atoms with Crippen LogP contribution in [0.4, 0.5) is 0 Å². The van der Waals surface area contributed by atoms with Crippen LogP contribution in [0.1, 0.15) is 25.3 Å². The monoisotopic (exact) mass is 768 g/mol. The molecule has 11 rings (SSSR count). The first-order valence-corrected chi connectivity index (χ1v) is 21.2. The first kappa shape index (κ1) is 35.7. The third-order valence-electron chi connectivity index (χ3n) is 12.3. The Morgan fingerprint density at radius 2 is 0.717 bits per heavy atom. The van der Waals surface area contributed by atoms with Gasteiger partial charge in [-0.25, -0.2) is 0 Å². The molecule has 0 unspecified atom stereocenters. The maximum atomic E-state index is 2.42. The molecule has 0 amide bonds. The predicted molar refractivity (Wildman–Crippen MR) is 255 cm³/mol. The molecular formula is C58H44N2. The van der Waals surface area contributed by atoms with Crippen molar-refractivity contribution in [1.82, 2.24) is 9.13 Å². The summed E-state index contributed by atoms with van der Waals surface area (Å²) < 4.78 is 4.81. The van der Waals surface area contributed by atoms with Crippen molar-refractivity contribution in [2.75, 3.05) is 0 Å². The SMILES string of the molecule is CCCCc1ccc(-c2cccc(-n3c4ccccc4c4cc(-c5ccc(-c6ccc7c(c6)c6ccccc6n7-c6ccc(-c7ccccc7)cc6)cc5)ccc43)c2)cc1. The van der Waals surface area contributed by atoms with Gasteiger partial charge in [0, 0.05) is 32.9 Å². The number of unbranched alkanes of at least 4 members (excludes halogenated alkanes) is 1. The maximum absolute atomic E-state index is 2.42. The van der Waals surface area contributed by atoms with Crippen LogP contribution in [0.3, 0.4) is 0 Å². The van der Waals surface area contributed by atoms with Gasteiger partial charge in [0.1, 0.15) is 0 Å². The lowest BCUT2D eigenvalue weighted by molar-refractivity contribution is 0.795. The molecule has 0 saturated carbocycles. The molecule has 11 aromatic rings. The Morgan fingerprint density at radius 1 is 0.300 bits per heavy atom. The molecule has 0 N–H and O–H groups in total. The number of hydrogen-bond acceptors (Lipinski definition) is 0. The molecule has 0 atom stereocenters. The summed E-state index contributed by atoms with van der Waals surface area (Å²) in [6, 6.07) is 78.1. The largest absolute Gasteiger partial charge is 0.309 e. The van der Waals surface area contributed by atoms with Gasteiger partial charge in [0.15, 0.2) is 0 Å². The van der Waals surface area contributed by atoms with Gasteiger partial charge in [0.2, 0.25) is 0 Å². The van der Waals surface area contributed by atoms with E-state index in [0.29, 0.717) is 0 Å². The summed E-state index contributed by atoms with van der Waals surface area (Å²) >= 11 is 0. The summed E-state index contributed by atoms with van der Waals surface area (Å²) in [4.78, 5) is 0. The fourth-order valence-corrected chi connectivity index (χ4v) is 9.22. The van der Waals surface area contributed by atoms with E-state index in [1.54, 1.807) is 0 Å². The lowest BCUT2D eigenvalue weighted by Gasteiger charge is -2.11. The van der Waals surface area contributed by atoms with Gasteiger partial charge < -0.3 is 9.13 Å². The highest BCUT2D eigenvalue weighted by molar-refractivity contribution is 6.11. The highest BCUT2D eigenvalue weighted by atomic mass is 15.0. The standard InChI is InChI=1S/C58H44N2/c1-2-3-12-40-21-23-43(24-22-40)46-15-11-16-50(37-46)60-56-20-10-8-18-52(56)54-39-48(32-36-58(54)60)45-27-25-44(26-28-45)47-31-35-57-53(38-47)51-17-7-9-19-55(51)59(57)49-33-29-42(30-34-49)41-13-5-4-6-14-41/h4-11,13-39H,2-3,12H2,1H3. The first-order valence-electron chi connectivity index (χ1n) is 21.2. The van der Waals surface area contributed by atoms with Crippen LogP contribution in [0.25, 0.3) is 99.5 Å². The second kappa shape index (κ2) is 15.1. The van der Waals surface area contributed by atoms with E-state index in [1.807, 2.05) is 0 Å². The lowest BCUT2D eigenvalue weighted by Crippen LogP contribution is -1.94. The Bertz CT molecular complexity index is 3310. The van der Waals surface area contributed by atoms with Crippen molar-refractivity contribution < 1.29 is 0 Å². The van der Waals surface area contributed by atoms with Crippen molar-refractivity contribution >= 4 is 43.6 Å². The quantitative estimate of drug-likeness (QED) is 0.138. The zero-order valence-electron chi connectivity index (χ0n) is 33.7. The third kappa shape index (κ3) is 6.29. The van der Waals surface area contributed by atoms with Crippen LogP contribution in [-0.2, 0) is 6.42 Å². The molecule has 0 radical (unpaired) electrons. The van der Waals surface area contributed by atoms with Crippen LogP contribution in [0.5, 0.6) is 0 Å². The van der Waals surface area contributed by atoms with Gasteiger partial charge in [0.05, 0.1) is 22.1 Å². The van der Waals surface area contributed by atoms with Crippen molar-refractivity contribution in [2.24, 2.45) is 0 Å². The second-order valence-corrected chi connectivity index (χ2v) is 16.0. The molecule has 0 saturated heterocycles. The molecule has 0 aliphatic carbocycles. The van der Waals surface area contributed by atoms with E-state index in [2.05, 4.69) is 228 Å². The molecule has 0 aliphatic heterocycles. The molecule has 0 fully saturated rings. The van der Waals surface area contributed by atoms with Crippen molar-refractivity contribution in [2.45, 2.75) is 26.2 Å². The van der Waals surface area contributed by atoms with Gasteiger partial charge in [-0.05, 0) is 124 Å². The zero-order chi connectivity index (χ0) is 40.0. The van der Waals surface area contributed by atoms with Gasteiger partial charge in [-0.15, -0.1) is 0 Å². The topological polar surface area (TPSA) is 9.86 Å². The minimum Gasteiger partial charge on any atom is -0.309 e. The molecule has 0 spiro atoms. The van der Waals surface area contributed by atoms with Crippen LogP contribution >= 0.6 is 0 Å². The van der Waals surface area contributed by atoms with Crippen molar-refractivity contribution in [3.63, 3.8) is 0 Å². The summed E-state index contributed by atoms with van der Waals surface area (Å²) in [7, 11) is 0. The van der Waals surface area contributed by atoms with Gasteiger partial charge >= 0.3 is 0 Å². The molecular weight excluding hydrogens is 725 g/mol. The third-order valence-corrected chi connectivity index (χ3v) is 12.3. The number of rotatable bonds is 9. The van der Waals surface area contributed by atoms with Crippen LogP contribution < -0.4 is 0 Å². The number of hydrogen-bond donors (Lipinski definition) is 0. The van der Waals surface area contributed by atoms with Crippen molar-refractivity contribution in [3.05, 3.63) is 218 Å². The average Bonchev–Trinajstić information content (AvgIpc) is 3.84. The van der Waals surface area contributed by atoms with E-state index in [-0.39, 0.29) is 0 Å². The Kier molecular flexibility index (Phi) is 8.97. The fourth-order valence-electron chi connectivity index (χ4n) is 9.22. The summed E-state index contributed by atoms with van der Waals surface area (Å²) in [6.45, 7) is 2.25. The van der Waals surface area contributed by atoms with E-state index in [0.717, 1.165) is 12.1 Å². The van der Waals surface area contributed by atoms with Crippen molar-refractivity contribution in [1.29, 1.82) is 0 Å². The Hall–Kier alpha value is -7.42. The minimum atomic E-state index is 1.14. The number of nitrogens with zero attached hydrogens (tertiary/aromatic N) is 2. The molecule has 2 nitrogen and oxygen atoms in total. The molecule has 286 valence electrons. The Labute approximate surface area is 351 Å². The maximum Gasteiger partial charge on any atom is 0.0541 e. The molecule has 0 bridgehead atoms. The molecule has 0 aliphatic rings. The lowest BCUT2D eigenvalue weighted by atomic mass is 9.98. The number of fused-ring (bicyclic) bond motifs is 6. The van der Waals surface area contributed by atoms with Gasteiger partial charge in [-0.2, -0.15) is 0 Å². The van der Waals surface area contributed by atoms with E-state index in [9.17, 15) is 0 Å². The molecule has 2 heteroatoms. The summed E-state index contributed by atoms with van der Waals surface area (Å²) in [6.07, 6.45) is 3.59. The van der Waals surface area contributed by atoms with Crippen LogP contribution in [0.2, 0.25) is 0 Å². The number of para-hydroxylation sites is 2. The first-order chi connectivity index (χ1) is 29.7. The fraction of sp³-hybridized carbons (Fsp3) is 0.0690. The molecule has 2 aromatic heterocycles. The molecule has 2 heterocycles. The van der Waals surface area contributed by atoms with Crippen LogP contribution in [0.15, 0.2) is 212 Å². The summed E-state index contributed by atoms with van der Waals surface area (Å²) in [5.41, 5.74) is 18.4. The predicted octanol–water partition coefficient (Wildman–Crippen LogP) is 15.9. The summed E-state index contributed by atoms with van der Waals surface area (Å²) in [5.74, 6) is 0. The van der Waals surface area contributed by atoms with Crippen molar-refractivity contribution in [3.8, 4) is 55.9 Å². The van der Waals surface area contributed by atoms with E-state index < -0.39 is 0 Å². The smallest absolute Gasteiger partial charge is 0.0541 e. The van der Waals surface area contributed by atoms with Gasteiger partial charge in [-0.1, -0.05) is 165 Å². The second-order valence-electron chi connectivity index (χ2n) is 16.0. The van der Waals surface area contributed by atoms with Gasteiger partial charge in [-0.3, -0.25) is 0 Å². The van der Waals surface area contributed by atoms with E-state index in [1.165, 1.54) is 112 Å². The molecule has 60 heavy (non-hydrogen) atoms. The average molecular weight is 769 g/mol. The number of aromatic nitrogens is 2. The number of aryl methyl sites for hydroxylation is 1. The van der Waals surface area contributed by atoms with Crippen LogP contribution in [-0.4, -0.2) is 9.13 Å². The zero-order valence-corrected chi connectivity index (χ0v) is 33.7.